The van der Waals surface area contributed by atoms with Gasteiger partial charge in [0.1, 0.15) is 5.69 Å². The number of hydrogen-bond acceptors (Lipinski definition) is 2. The molecule has 18 heavy (non-hydrogen) atoms. The normalized spacial score (nSPS) is 19.7. The molecule has 5 nitrogen and oxygen atoms in total. The Balaban J connectivity index is 2.36. The van der Waals surface area contributed by atoms with Crippen LogP contribution in [-0.2, 0) is 7.05 Å². The summed E-state index contributed by atoms with van der Waals surface area (Å²) in [4.78, 5) is 11.0. The molecule has 0 bridgehead atoms. The Kier molecular flexibility index (Phi) is 3.52. The first-order chi connectivity index (χ1) is 8.42. The highest BCUT2D eigenvalue weighted by molar-refractivity contribution is 6.31. The van der Waals surface area contributed by atoms with E-state index in [9.17, 15) is 4.79 Å². The molecule has 1 atom stereocenters. The number of carboxylic acid groups (broad SMARTS) is 1. The second kappa shape index (κ2) is 4.80. The first-order valence-electron chi connectivity index (χ1n) is 6.11. The van der Waals surface area contributed by atoms with Gasteiger partial charge in [-0.15, -0.1) is 0 Å². The Morgan fingerprint density at radius 2 is 2.22 bits per heavy atom. The molecule has 0 radical (unpaired) electrons. The van der Waals surface area contributed by atoms with Gasteiger partial charge in [-0.2, -0.15) is 5.10 Å². The van der Waals surface area contributed by atoms with Crippen molar-refractivity contribution in [3.63, 3.8) is 0 Å². The van der Waals surface area contributed by atoms with Crippen LogP contribution >= 0.6 is 11.6 Å². The number of nitrogens with one attached hydrogen (secondary N) is 1. The highest BCUT2D eigenvalue weighted by atomic mass is 35.5. The highest BCUT2D eigenvalue weighted by Gasteiger charge is 2.41. The van der Waals surface area contributed by atoms with Gasteiger partial charge in [-0.25, -0.2) is 4.79 Å². The van der Waals surface area contributed by atoms with Gasteiger partial charge >= 0.3 is 6.09 Å². The van der Waals surface area contributed by atoms with Crippen LogP contribution in [0.25, 0.3) is 0 Å². The molecule has 2 N–H and O–H groups in total. The van der Waals surface area contributed by atoms with Gasteiger partial charge in [-0.05, 0) is 18.3 Å². The number of carbonyl (C=O) groups is 1. The molecule has 1 aliphatic rings. The van der Waals surface area contributed by atoms with Crippen molar-refractivity contribution in [1.29, 1.82) is 0 Å². The van der Waals surface area contributed by atoms with Crippen LogP contribution in [0.15, 0.2) is 6.20 Å². The first-order valence-corrected chi connectivity index (χ1v) is 6.49. The van der Waals surface area contributed by atoms with Crippen LogP contribution < -0.4 is 5.32 Å². The van der Waals surface area contributed by atoms with Crippen LogP contribution in [0.3, 0.4) is 0 Å². The van der Waals surface area contributed by atoms with Crippen LogP contribution in [-0.4, -0.2) is 21.0 Å². The number of amides is 1. The lowest BCUT2D eigenvalue weighted by Gasteiger charge is -2.32. The fraction of sp³-hybridized carbons (Fsp3) is 0.667. The Morgan fingerprint density at radius 3 is 2.67 bits per heavy atom. The van der Waals surface area contributed by atoms with Gasteiger partial charge in [-0.1, -0.05) is 31.4 Å². The number of halogens is 1. The van der Waals surface area contributed by atoms with E-state index in [2.05, 4.69) is 17.3 Å². The van der Waals surface area contributed by atoms with Crippen molar-refractivity contribution < 1.29 is 9.90 Å². The minimum atomic E-state index is -1.03. The van der Waals surface area contributed by atoms with Crippen molar-refractivity contribution in [3.05, 3.63) is 16.9 Å². The summed E-state index contributed by atoms with van der Waals surface area (Å²) >= 11 is 6.15. The Hall–Kier alpha value is -1.23. The average Bonchev–Trinajstić information content (AvgIpc) is 2.82. The number of aryl methyl sites for hydroxylation is 1. The summed E-state index contributed by atoms with van der Waals surface area (Å²) in [6, 6.07) is -0.341. The molecule has 1 fully saturated rings. The fourth-order valence-corrected chi connectivity index (χ4v) is 3.13. The van der Waals surface area contributed by atoms with Crippen LogP contribution in [0.1, 0.15) is 44.3 Å². The minimum Gasteiger partial charge on any atom is -0.465 e. The van der Waals surface area contributed by atoms with E-state index in [1.165, 1.54) is 0 Å². The Bertz CT molecular complexity index is 452. The molecule has 1 unspecified atom stereocenters. The average molecular weight is 272 g/mol. The molecule has 0 aliphatic heterocycles. The molecule has 2 rings (SSSR count). The summed E-state index contributed by atoms with van der Waals surface area (Å²) < 4.78 is 1.62. The molecule has 1 aliphatic carbocycles. The zero-order valence-electron chi connectivity index (χ0n) is 10.6. The topological polar surface area (TPSA) is 67.2 Å². The lowest BCUT2D eigenvalue weighted by molar-refractivity contribution is 0.164. The third kappa shape index (κ3) is 2.46. The second-order valence-corrected chi connectivity index (χ2v) is 5.69. The number of aromatic nitrogens is 2. The molecule has 0 spiro atoms. The van der Waals surface area contributed by atoms with Gasteiger partial charge < -0.3 is 10.4 Å². The largest absolute Gasteiger partial charge is 0.465 e. The zero-order chi connectivity index (χ0) is 13.3. The van der Waals surface area contributed by atoms with E-state index in [0.29, 0.717) is 10.7 Å². The van der Waals surface area contributed by atoms with Crippen LogP contribution in [0, 0.1) is 5.41 Å². The van der Waals surface area contributed by atoms with Crippen molar-refractivity contribution in [3.8, 4) is 0 Å². The first kappa shape index (κ1) is 13.2. The molecule has 1 aromatic heterocycles. The molecule has 0 saturated heterocycles. The van der Waals surface area contributed by atoms with Gasteiger partial charge in [0.2, 0.25) is 0 Å². The smallest absolute Gasteiger partial charge is 0.405 e. The monoisotopic (exact) mass is 271 g/mol. The van der Waals surface area contributed by atoms with E-state index in [1.54, 1.807) is 17.9 Å². The molecule has 0 aromatic carbocycles. The predicted molar refractivity (Wildman–Crippen MR) is 68.7 cm³/mol. The standard InChI is InChI=1S/C12H18ClN3O2/c1-12(5-3-4-6-12)10(14-11(17)18)9-8(13)7-16(2)15-9/h7,10,14H,3-6H2,1-2H3,(H,17,18). The summed E-state index contributed by atoms with van der Waals surface area (Å²) in [5, 5.41) is 16.4. The van der Waals surface area contributed by atoms with E-state index in [1.807, 2.05) is 0 Å². The summed E-state index contributed by atoms with van der Waals surface area (Å²) in [6.07, 6.45) is 4.90. The van der Waals surface area contributed by atoms with Gasteiger partial charge in [0.15, 0.2) is 0 Å². The molecule has 6 heteroatoms. The minimum absolute atomic E-state index is 0.101. The maximum atomic E-state index is 11.0. The van der Waals surface area contributed by atoms with E-state index in [0.717, 1.165) is 25.7 Å². The quantitative estimate of drug-likeness (QED) is 0.888. The molecular formula is C12H18ClN3O2. The lowest BCUT2D eigenvalue weighted by Crippen LogP contribution is -2.38. The van der Waals surface area contributed by atoms with E-state index >= 15 is 0 Å². The van der Waals surface area contributed by atoms with E-state index < -0.39 is 6.09 Å². The molecule has 1 saturated carbocycles. The molecule has 1 amide bonds. The van der Waals surface area contributed by atoms with Crippen molar-refractivity contribution in [2.75, 3.05) is 0 Å². The molecular weight excluding hydrogens is 254 g/mol. The van der Waals surface area contributed by atoms with Crippen LogP contribution in [0.4, 0.5) is 4.79 Å². The van der Waals surface area contributed by atoms with Gasteiger partial charge in [0.25, 0.3) is 0 Å². The van der Waals surface area contributed by atoms with Crippen molar-refractivity contribution >= 4 is 17.7 Å². The van der Waals surface area contributed by atoms with Gasteiger partial charge in [0.05, 0.1) is 11.1 Å². The molecule has 1 heterocycles. The van der Waals surface area contributed by atoms with Crippen molar-refractivity contribution in [2.45, 2.75) is 38.6 Å². The second-order valence-electron chi connectivity index (χ2n) is 5.28. The third-order valence-corrected chi connectivity index (χ3v) is 4.09. The molecule has 100 valence electrons. The van der Waals surface area contributed by atoms with Crippen molar-refractivity contribution in [2.24, 2.45) is 12.5 Å². The molecule has 1 aromatic rings. The maximum Gasteiger partial charge on any atom is 0.405 e. The SMILES string of the molecule is Cn1cc(Cl)c(C(NC(=O)O)C2(C)CCCC2)n1. The maximum absolute atomic E-state index is 11.0. The number of nitrogens with zero attached hydrogens (tertiary/aromatic N) is 2. The summed E-state index contributed by atoms with van der Waals surface area (Å²) in [7, 11) is 1.78. The van der Waals surface area contributed by atoms with Gasteiger partial charge in [-0.3, -0.25) is 4.68 Å². The Labute approximate surface area is 111 Å². The van der Waals surface area contributed by atoms with Crippen molar-refractivity contribution in [1.82, 2.24) is 15.1 Å². The summed E-state index contributed by atoms with van der Waals surface area (Å²) in [6.45, 7) is 2.10. The summed E-state index contributed by atoms with van der Waals surface area (Å²) in [5.41, 5.74) is 0.530. The van der Waals surface area contributed by atoms with Crippen LogP contribution in [0.2, 0.25) is 5.02 Å². The number of hydrogen-bond donors (Lipinski definition) is 2. The van der Waals surface area contributed by atoms with E-state index in [-0.39, 0.29) is 11.5 Å². The zero-order valence-corrected chi connectivity index (χ0v) is 11.4. The predicted octanol–water partition coefficient (Wildman–Crippen LogP) is 2.96. The van der Waals surface area contributed by atoms with E-state index in [4.69, 9.17) is 16.7 Å². The third-order valence-electron chi connectivity index (χ3n) is 3.79. The highest BCUT2D eigenvalue weighted by Crippen LogP contribution is 2.47. The lowest BCUT2D eigenvalue weighted by atomic mass is 9.79. The van der Waals surface area contributed by atoms with Gasteiger partial charge in [0, 0.05) is 13.2 Å². The number of rotatable bonds is 3. The summed E-state index contributed by atoms with van der Waals surface area (Å²) in [5.74, 6) is 0. The Morgan fingerprint density at radius 1 is 1.61 bits per heavy atom. The van der Waals surface area contributed by atoms with Crippen LogP contribution in [0.5, 0.6) is 0 Å². The fourth-order valence-electron chi connectivity index (χ4n) is 2.84.